The molecule has 5 atom stereocenters. The summed E-state index contributed by atoms with van der Waals surface area (Å²) in [5.41, 5.74) is 6.29. The molecule has 0 saturated carbocycles. The van der Waals surface area contributed by atoms with E-state index in [4.69, 9.17) is 5.73 Å². The van der Waals surface area contributed by atoms with Gasteiger partial charge in [0.25, 0.3) is 0 Å². The van der Waals surface area contributed by atoms with Crippen molar-refractivity contribution in [3.05, 3.63) is 18.2 Å². The van der Waals surface area contributed by atoms with Crippen molar-refractivity contribution in [2.45, 2.75) is 71.1 Å². The molecule has 0 saturated heterocycles. The molecule has 5 unspecified atom stereocenters. The summed E-state index contributed by atoms with van der Waals surface area (Å²) >= 11 is 0. The highest BCUT2D eigenvalue weighted by molar-refractivity contribution is 5.95. The van der Waals surface area contributed by atoms with E-state index in [1.165, 1.54) is 12.5 Å². The monoisotopic (exact) mass is 482 g/mol. The van der Waals surface area contributed by atoms with Crippen LogP contribution in [0.5, 0.6) is 0 Å². The van der Waals surface area contributed by atoms with Gasteiger partial charge in [-0.2, -0.15) is 0 Å². The third kappa shape index (κ3) is 8.81. The van der Waals surface area contributed by atoms with Crippen LogP contribution >= 0.6 is 0 Å². The highest BCUT2D eigenvalue weighted by Gasteiger charge is 2.33. The number of nitrogens with zero attached hydrogens (tertiary/aromatic N) is 1. The Kier molecular flexibility index (Phi) is 11.2. The zero-order chi connectivity index (χ0) is 26.0. The molecule has 1 rings (SSSR count). The van der Waals surface area contributed by atoms with E-state index in [1.54, 1.807) is 27.7 Å². The molecule has 1 aromatic rings. The third-order valence-corrected chi connectivity index (χ3v) is 5.42. The number of amides is 3. The smallest absolute Gasteiger partial charge is 0.326 e. The van der Waals surface area contributed by atoms with Crippen LogP contribution < -0.4 is 21.7 Å². The number of carbonyl (C=O) groups is 5. The van der Waals surface area contributed by atoms with Crippen molar-refractivity contribution < 1.29 is 34.2 Å². The summed E-state index contributed by atoms with van der Waals surface area (Å²) in [6.07, 6.45) is 2.31. The number of carbonyl (C=O) groups excluding carboxylic acids is 3. The van der Waals surface area contributed by atoms with E-state index in [1.807, 2.05) is 0 Å². The summed E-state index contributed by atoms with van der Waals surface area (Å²) < 4.78 is 0. The van der Waals surface area contributed by atoms with Crippen molar-refractivity contribution in [3.63, 3.8) is 0 Å². The fourth-order valence-electron chi connectivity index (χ4n) is 2.99. The van der Waals surface area contributed by atoms with Crippen LogP contribution in [0.2, 0.25) is 0 Å². The predicted octanol–water partition coefficient (Wildman–Crippen LogP) is -1.00. The van der Waals surface area contributed by atoms with Crippen LogP contribution in [0.25, 0.3) is 0 Å². The van der Waals surface area contributed by atoms with Gasteiger partial charge < -0.3 is 36.9 Å². The quantitative estimate of drug-likeness (QED) is 0.173. The Morgan fingerprint density at radius 1 is 1.00 bits per heavy atom. The Labute approximate surface area is 197 Å². The van der Waals surface area contributed by atoms with E-state index in [0.29, 0.717) is 12.1 Å². The minimum Gasteiger partial charge on any atom is -0.481 e. The standard InChI is InChI=1S/C21H34N6O7/c1-5-11(4)17(27-19(31)16(22)10(2)3)20(32)25-13(7-15(28)29)18(30)26-14(21(33)34)6-12-8-23-9-24-12/h8-11,13-14,16-17H,5-7,22H2,1-4H3,(H,23,24)(H,25,32)(H,26,30)(H,27,31)(H,28,29)(H,33,34). The summed E-state index contributed by atoms with van der Waals surface area (Å²) in [5, 5.41) is 25.8. The Hall–Kier alpha value is -3.48. The summed E-state index contributed by atoms with van der Waals surface area (Å²) in [7, 11) is 0. The van der Waals surface area contributed by atoms with Crippen molar-refractivity contribution in [1.82, 2.24) is 25.9 Å². The molecule has 0 bridgehead atoms. The normalized spacial score (nSPS) is 15.5. The third-order valence-electron chi connectivity index (χ3n) is 5.42. The minimum atomic E-state index is -1.57. The summed E-state index contributed by atoms with van der Waals surface area (Å²) in [5.74, 6) is -5.60. The molecule has 0 spiro atoms. The Morgan fingerprint density at radius 3 is 2.09 bits per heavy atom. The number of hydrogen-bond donors (Lipinski definition) is 7. The van der Waals surface area contributed by atoms with Crippen molar-refractivity contribution in [1.29, 1.82) is 0 Å². The van der Waals surface area contributed by atoms with E-state index < -0.39 is 60.2 Å². The molecular formula is C21H34N6O7. The van der Waals surface area contributed by atoms with Crippen LogP contribution in [-0.4, -0.2) is 74.0 Å². The second-order valence-corrected chi connectivity index (χ2v) is 8.48. The van der Waals surface area contributed by atoms with Gasteiger partial charge in [-0.15, -0.1) is 0 Å². The predicted molar refractivity (Wildman–Crippen MR) is 120 cm³/mol. The van der Waals surface area contributed by atoms with Crippen LogP contribution in [0.15, 0.2) is 12.5 Å². The van der Waals surface area contributed by atoms with Gasteiger partial charge in [0.2, 0.25) is 17.7 Å². The molecule has 0 aliphatic carbocycles. The molecule has 13 nitrogen and oxygen atoms in total. The lowest BCUT2D eigenvalue weighted by Crippen LogP contribution is -2.59. The first-order chi connectivity index (χ1) is 15.9. The van der Waals surface area contributed by atoms with Crippen LogP contribution in [0.1, 0.15) is 46.2 Å². The number of H-pyrrole nitrogens is 1. The molecular weight excluding hydrogens is 448 g/mol. The molecule has 8 N–H and O–H groups in total. The first-order valence-corrected chi connectivity index (χ1v) is 11.0. The van der Waals surface area contributed by atoms with Crippen molar-refractivity contribution in [3.8, 4) is 0 Å². The lowest BCUT2D eigenvalue weighted by atomic mass is 9.96. The molecule has 190 valence electrons. The van der Waals surface area contributed by atoms with Crippen LogP contribution in [-0.2, 0) is 30.4 Å². The van der Waals surface area contributed by atoms with Gasteiger partial charge in [0.1, 0.15) is 18.1 Å². The van der Waals surface area contributed by atoms with Gasteiger partial charge in [-0.25, -0.2) is 9.78 Å². The zero-order valence-corrected chi connectivity index (χ0v) is 19.7. The number of carboxylic acids is 2. The average Bonchev–Trinajstić information content (AvgIpc) is 3.27. The maximum Gasteiger partial charge on any atom is 0.326 e. The van der Waals surface area contributed by atoms with E-state index in [-0.39, 0.29) is 18.3 Å². The minimum absolute atomic E-state index is 0.131. The summed E-state index contributed by atoms with van der Waals surface area (Å²) in [6.45, 7) is 7.01. The van der Waals surface area contributed by atoms with Crippen LogP contribution in [0.3, 0.4) is 0 Å². The number of nitrogens with two attached hydrogens (primary N) is 1. The second kappa shape index (κ2) is 13.3. The van der Waals surface area contributed by atoms with Crippen molar-refractivity contribution in [2.75, 3.05) is 0 Å². The SMILES string of the molecule is CCC(C)C(NC(=O)C(N)C(C)C)C(=O)NC(CC(=O)O)C(=O)NC(Cc1cnc[nH]1)C(=O)O. The average molecular weight is 483 g/mol. The molecule has 0 fully saturated rings. The van der Waals surface area contributed by atoms with E-state index >= 15 is 0 Å². The molecule has 3 amide bonds. The van der Waals surface area contributed by atoms with Crippen molar-refractivity contribution >= 4 is 29.7 Å². The number of aliphatic carboxylic acids is 2. The summed E-state index contributed by atoms with van der Waals surface area (Å²) in [4.78, 5) is 67.6. The van der Waals surface area contributed by atoms with Crippen molar-refractivity contribution in [2.24, 2.45) is 17.6 Å². The molecule has 0 aliphatic rings. The number of rotatable bonds is 14. The zero-order valence-electron chi connectivity index (χ0n) is 19.7. The molecule has 34 heavy (non-hydrogen) atoms. The number of aromatic amines is 1. The largest absolute Gasteiger partial charge is 0.481 e. The van der Waals surface area contributed by atoms with Gasteiger partial charge in [0.15, 0.2) is 0 Å². The number of imidazole rings is 1. The van der Waals surface area contributed by atoms with Gasteiger partial charge in [0.05, 0.1) is 18.8 Å². The highest BCUT2D eigenvalue weighted by Crippen LogP contribution is 2.11. The van der Waals surface area contributed by atoms with E-state index in [0.717, 1.165) is 0 Å². The lowest BCUT2D eigenvalue weighted by molar-refractivity contribution is -0.143. The van der Waals surface area contributed by atoms with Crippen LogP contribution in [0, 0.1) is 11.8 Å². The number of nitrogens with one attached hydrogen (secondary N) is 4. The topological polar surface area (TPSA) is 217 Å². The number of hydrogen-bond acceptors (Lipinski definition) is 7. The fourth-order valence-corrected chi connectivity index (χ4v) is 2.99. The molecule has 0 radical (unpaired) electrons. The molecule has 0 aromatic carbocycles. The Balaban J connectivity index is 3.02. The van der Waals surface area contributed by atoms with Gasteiger partial charge in [0, 0.05) is 18.3 Å². The molecule has 0 aliphatic heterocycles. The Bertz CT molecular complexity index is 858. The highest BCUT2D eigenvalue weighted by atomic mass is 16.4. The maximum atomic E-state index is 13.0. The molecule has 1 heterocycles. The van der Waals surface area contributed by atoms with Gasteiger partial charge in [-0.3, -0.25) is 19.2 Å². The first-order valence-electron chi connectivity index (χ1n) is 11.0. The fraction of sp³-hybridized carbons (Fsp3) is 0.619. The first kappa shape index (κ1) is 28.6. The van der Waals surface area contributed by atoms with E-state index in [9.17, 15) is 34.2 Å². The number of carboxylic acid groups (broad SMARTS) is 2. The van der Waals surface area contributed by atoms with Gasteiger partial charge in [-0.05, 0) is 11.8 Å². The van der Waals surface area contributed by atoms with Crippen LogP contribution in [0.4, 0.5) is 0 Å². The maximum absolute atomic E-state index is 13.0. The van der Waals surface area contributed by atoms with Gasteiger partial charge >= 0.3 is 11.9 Å². The van der Waals surface area contributed by atoms with E-state index in [2.05, 4.69) is 25.9 Å². The molecule has 13 heteroatoms. The second-order valence-electron chi connectivity index (χ2n) is 8.48. The number of aromatic nitrogens is 2. The molecule has 1 aromatic heterocycles. The lowest BCUT2D eigenvalue weighted by Gasteiger charge is -2.28. The summed E-state index contributed by atoms with van der Waals surface area (Å²) in [6, 6.07) is -4.91. The van der Waals surface area contributed by atoms with Gasteiger partial charge in [-0.1, -0.05) is 34.1 Å². The Morgan fingerprint density at radius 2 is 1.62 bits per heavy atom.